The number of aliphatic imine (C=N–C) groups is 1. The molecule has 152 valence electrons. The maximum absolute atomic E-state index is 13.2. The summed E-state index contributed by atoms with van der Waals surface area (Å²) in [6.45, 7) is 5.01. The maximum atomic E-state index is 13.2. The van der Waals surface area contributed by atoms with Crippen molar-refractivity contribution in [1.29, 1.82) is 0 Å². The third kappa shape index (κ3) is 7.71. The van der Waals surface area contributed by atoms with Crippen molar-refractivity contribution in [1.82, 2.24) is 10.6 Å². The van der Waals surface area contributed by atoms with Crippen molar-refractivity contribution in [3.63, 3.8) is 0 Å². The van der Waals surface area contributed by atoms with Crippen LogP contribution in [0, 0.1) is 12.7 Å². The normalized spacial score (nSPS) is 10.6. The minimum atomic E-state index is -0.400. The summed E-state index contributed by atoms with van der Waals surface area (Å²) >= 11 is 0. The van der Waals surface area contributed by atoms with E-state index in [4.69, 9.17) is 4.74 Å². The van der Waals surface area contributed by atoms with Crippen LogP contribution in [0.5, 0.6) is 5.75 Å². The molecule has 0 aliphatic carbocycles. The molecule has 6 nitrogen and oxygen atoms in total. The fraction of sp³-hybridized carbons (Fsp3) is 0.300. The Kier molecular flexibility index (Phi) is 10.3. The third-order valence-corrected chi connectivity index (χ3v) is 3.72. The molecule has 0 bridgehead atoms. The molecule has 0 radical (unpaired) electrons. The van der Waals surface area contributed by atoms with Gasteiger partial charge >= 0.3 is 0 Å². The van der Waals surface area contributed by atoms with E-state index in [0.717, 1.165) is 16.9 Å². The molecule has 2 aromatic carbocycles. The highest BCUT2D eigenvalue weighted by molar-refractivity contribution is 14.0. The van der Waals surface area contributed by atoms with Gasteiger partial charge in [0.2, 0.25) is 5.91 Å². The lowest BCUT2D eigenvalue weighted by molar-refractivity contribution is -0.115. The first-order valence-electron chi connectivity index (χ1n) is 8.73. The molecule has 0 aromatic heterocycles. The highest BCUT2D eigenvalue weighted by Gasteiger charge is 2.07. The van der Waals surface area contributed by atoms with E-state index in [1.165, 1.54) is 12.1 Å². The summed E-state index contributed by atoms with van der Waals surface area (Å²) in [5.41, 5.74) is 2.47. The van der Waals surface area contributed by atoms with Crippen molar-refractivity contribution in [3.05, 3.63) is 59.4 Å². The Morgan fingerprint density at radius 1 is 1.18 bits per heavy atom. The van der Waals surface area contributed by atoms with E-state index in [1.807, 2.05) is 32.0 Å². The van der Waals surface area contributed by atoms with Crippen LogP contribution < -0.4 is 20.7 Å². The number of guanidine groups is 1. The second-order valence-corrected chi connectivity index (χ2v) is 5.92. The largest absolute Gasteiger partial charge is 0.496 e. The van der Waals surface area contributed by atoms with Crippen molar-refractivity contribution in [2.75, 3.05) is 25.5 Å². The number of nitrogens with zero attached hydrogens (tertiary/aromatic N) is 1. The number of hydrogen-bond donors (Lipinski definition) is 3. The first kappa shape index (κ1) is 23.7. The zero-order chi connectivity index (χ0) is 19.6. The molecule has 0 spiro atoms. The minimum Gasteiger partial charge on any atom is -0.496 e. The van der Waals surface area contributed by atoms with E-state index in [9.17, 15) is 9.18 Å². The number of ether oxygens (including phenoxy) is 1. The first-order chi connectivity index (χ1) is 13.0. The van der Waals surface area contributed by atoms with E-state index < -0.39 is 5.82 Å². The molecule has 0 unspecified atom stereocenters. The molecule has 8 heteroatoms. The summed E-state index contributed by atoms with van der Waals surface area (Å²) in [5.74, 6) is 0.592. The van der Waals surface area contributed by atoms with Gasteiger partial charge in [-0.05, 0) is 43.7 Å². The van der Waals surface area contributed by atoms with Gasteiger partial charge in [0.25, 0.3) is 0 Å². The van der Waals surface area contributed by atoms with Crippen LogP contribution in [0.2, 0.25) is 0 Å². The zero-order valence-electron chi connectivity index (χ0n) is 16.2. The number of hydrogen-bond acceptors (Lipinski definition) is 3. The van der Waals surface area contributed by atoms with Gasteiger partial charge in [0.15, 0.2) is 5.96 Å². The molecule has 0 saturated heterocycles. The maximum Gasteiger partial charge on any atom is 0.243 e. The summed E-state index contributed by atoms with van der Waals surface area (Å²) in [7, 11) is 1.63. The van der Waals surface area contributed by atoms with Gasteiger partial charge in [0.1, 0.15) is 11.6 Å². The molecule has 3 N–H and O–H groups in total. The number of amides is 1. The molecule has 28 heavy (non-hydrogen) atoms. The lowest BCUT2D eigenvalue weighted by Gasteiger charge is -2.12. The molecule has 0 atom stereocenters. The van der Waals surface area contributed by atoms with Crippen molar-refractivity contribution < 1.29 is 13.9 Å². The lowest BCUT2D eigenvalue weighted by atomic mass is 10.1. The quantitative estimate of drug-likeness (QED) is 0.310. The fourth-order valence-electron chi connectivity index (χ4n) is 2.42. The van der Waals surface area contributed by atoms with Gasteiger partial charge in [0, 0.05) is 17.8 Å². The predicted octanol–water partition coefficient (Wildman–Crippen LogP) is 3.45. The third-order valence-electron chi connectivity index (χ3n) is 3.72. The zero-order valence-corrected chi connectivity index (χ0v) is 18.5. The predicted molar refractivity (Wildman–Crippen MR) is 121 cm³/mol. The van der Waals surface area contributed by atoms with Gasteiger partial charge < -0.3 is 20.7 Å². The van der Waals surface area contributed by atoms with Crippen LogP contribution in [-0.4, -0.2) is 32.1 Å². The summed E-state index contributed by atoms with van der Waals surface area (Å²) in [6, 6.07) is 11.7. The van der Waals surface area contributed by atoms with Crippen molar-refractivity contribution in [3.8, 4) is 5.75 Å². The number of anilines is 1. The second-order valence-electron chi connectivity index (χ2n) is 5.92. The van der Waals surface area contributed by atoms with E-state index in [-0.39, 0.29) is 36.4 Å². The number of rotatable bonds is 7. The first-order valence-corrected chi connectivity index (χ1v) is 8.73. The Hall–Kier alpha value is -2.36. The van der Waals surface area contributed by atoms with Gasteiger partial charge in [-0.2, -0.15) is 0 Å². The Balaban J connectivity index is 0.00000392. The summed E-state index contributed by atoms with van der Waals surface area (Å²) in [4.78, 5) is 16.5. The number of benzene rings is 2. The van der Waals surface area contributed by atoms with Crippen LogP contribution in [0.3, 0.4) is 0 Å². The van der Waals surface area contributed by atoms with Gasteiger partial charge in [-0.15, -0.1) is 24.0 Å². The molecular formula is C20H26FIN4O2. The SMILES string of the molecule is CCNC(=NCc1ccc(C)cc1OC)NCC(=O)Nc1cccc(F)c1.I. The Morgan fingerprint density at radius 3 is 2.64 bits per heavy atom. The van der Waals surface area contributed by atoms with Crippen LogP contribution in [0.4, 0.5) is 10.1 Å². The molecule has 1 amide bonds. The van der Waals surface area contributed by atoms with Gasteiger partial charge in [-0.1, -0.05) is 18.2 Å². The van der Waals surface area contributed by atoms with Crippen LogP contribution in [0.25, 0.3) is 0 Å². The Bertz CT molecular complexity index is 815. The number of carbonyl (C=O) groups excluding carboxylic acids is 1. The molecule has 0 aliphatic rings. The topological polar surface area (TPSA) is 74.8 Å². The molecule has 0 aliphatic heterocycles. The number of halogens is 2. The summed E-state index contributed by atoms with van der Waals surface area (Å²) in [6.07, 6.45) is 0. The minimum absolute atomic E-state index is 0. The number of carbonyl (C=O) groups is 1. The van der Waals surface area contributed by atoms with E-state index >= 15 is 0 Å². The highest BCUT2D eigenvalue weighted by Crippen LogP contribution is 2.20. The van der Waals surface area contributed by atoms with Crippen LogP contribution in [0.15, 0.2) is 47.5 Å². The Morgan fingerprint density at radius 2 is 1.96 bits per heavy atom. The average Bonchev–Trinajstić information content (AvgIpc) is 2.64. The number of nitrogens with one attached hydrogen (secondary N) is 3. The van der Waals surface area contributed by atoms with Crippen LogP contribution in [0.1, 0.15) is 18.1 Å². The van der Waals surface area contributed by atoms with Gasteiger partial charge in [-0.25, -0.2) is 9.38 Å². The van der Waals surface area contributed by atoms with E-state index in [1.54, 1.807) is 19.2 Å². The standard InChI is InChI=1S/C20H25FN4O2.HI/c1-4-22-20(23-12-15-9-8-14(2)10-18(15)27-3)24-13-19(26)25-17-7-5-6-16(21)11-17;/h5-11H,4,12-13H2,1-3H3,(H,25,26)(H2,22,23,24);1H. The van der Waals surface area contributed by atoms with Gasteiger partial charge in [-0.3, -0.25) is 4.79 Å². The van der Waals surface area contributed by atoms with Crippen LogP contribution >= 0.6 is 24.0 Å². The highest BCUT2D eigenvalue weighted by atomic mass is 127. The molecule has 2 aromatic rings. The van der Waals surface area contributed by atoms with Crippen molar-refractivity contribution in [2.24, 2.45) is 4.99 Å². The second kappa shape index (κ2) is 12.2. The Labute approximate surface area is 182 Å². The summed E-state index contributed by atoms with van der Waals surface area (Å²) < 4.78 is 18.6. The molecule has 0 saturated carbocycles. The lowest BCUT2D eigenvalue weighted by Crippen LogP contribution is -2.41. The summed E-state index contributed by atoms with van der Waals surface area (Å²) in [5, 5.41) is 8.69. The molecule has 2 rings (SSSR count). The van der Waals surface area contributed by atoms with Gasteiger partial charge in [0.05, 0.1) is 20.2 Å². The van der Waals surface area contributed by atoms with E-state index in [0.29, 0.717) is 24.7 Å². The molecular weight excluding hydrogens is 474 g/mol. The van der Waals surface area contributed by atoms with Crippen molar-refractivity contribution >= 4 is 41.5 Å². The molecule has 0 heterocycles. The molecule has 0 fully saturated rings. The van der Waals surface area contributed by atoms with Crippen LogP contribution in [-0.2, 0) is 11.3 Å². The van der Waals surface area contributed by atoms with E-state index in [2.05, 4.69) is 20.9 Å². The average molecular weight is 500 g/mol. The fourth-order valence-corrected chi connectivity index (χ4v) is 2.42. The van der Waals surface area contributed by atoms with Crippen molar-refractivity contribution in [2.45, 2.75) is 20.4 Å². The smallest absolute Gasteiger partial charge is 0.243 e. The number of aryl methyl sites for hydroxylation is 1. The monoisotopic (exact) mass is 500 g/mol. The number of methoxy groups -OCH3 is 1.